The van der Waals surface area contributed by atoms with Crippen LogP contribution in [0.4, 0.5) is 0 Å². The second-order valence-electron chi connectivity index (χ2n) is 10.00. The van der Waals surface area contributed by atoms with Crippen LogP contribution in [0.3, 0.4) is 0 Å². The molecule has 0 bridgehead atoms. The van der Waals surface area contributed by atoms with Gasteiger partial charge in [0.25, 0.3) is 0 Å². The molecular formula is C31H33ClN2O4. The fourth-order valence-corrected chi connectivity index (χ4v) is 5.42. The fraction of sp³-hybridized carbons (Fsp3) is 0.355. The Hall–Kier alpha value is -3.51. The Balaban J connectivity index is 1.40. The topological polar surface area (TPSA) is 67.9 Å². The van der Waals surface area contributed by atoms with E-state index in [2.05, 4.69) is 5.32 Å². The van der Waals surface area contributed by atoms with Crippen molar-refractivity contribution in [1.29, 1.82) is 0 Å². The van der Waals surface area contributed by atoms with Crippen molar-refractivity contribution >= 4 is 23.4 Å². The number of hydrogen-bond donors (Lipinski definition) is 1. The van der Waals surface area contributed by atoms with E-state index in [0.29, 0.717) is 29.4 Å². The molecule has 0 aromatic heterocycles. The van der Waals surface area contributed by atoms with Crippen molar-refractivity contribution in [2.45, 2.75) is 63.6 Å². The minimum absolute atomic E-state index is 0.0925. The Labute approximate surface area is 228 Å². The lowest BCUT2D eigenvalue weighted by atomic mass is 10.0. The minimum atomic E-state index is -0.654. The minimum Gasteiger partial charge on any atom is -0.454 e. The van der Waals surface area contributed by atoms with Gasteiger partial charge in [0.05, 0.1) is 0 Å². The summed E-state index contributed by atoms with van der Waals surface area (Å²) in [7, 11) is 0. The summed E-state index contributed by atoms with van der Waals surface area (Å²) in [6, 6.07) is 22.6. The summed E-state index contributed by atoms with van der Waals surface area (Å²) in [4.78, 5) is 29.4. The Morgan fingerprint density at radius 3 is 2.45 bits per heavy atom. The second kappa shape index (κ2) is 12.4. The normalized spacial score (nSPS) is 15.3. The van der Waals surface area contributed by atoms with E-state index >= 15 is 0 Å². The quantitative estimate of drug-likeness (QED) is 0.364. The maximum Gasteiger partial charge on any atom is 0.243 e. The van der Waals surface area contributed by atoms with Crippen LogP contribution < -0.4 is 14.8 Å². The van der Waals surface area contributed by atoms with Crippen molar-refractivity contribution < 1.29 is 19.1 Å². The predicted molar refractivity (Wildman–Crippen MR) is 147 cm³/mol. The first-order valence-corrected chi connectivity index (χ1v) is 13.7. The predicted octanol–water partition coefficient (Wildman–Crippen LogP) is 5.70. The lowest BCUT2D eigenvalue weighted by Gasteiger charge is -2.32. The molecule has 5 rings (SSSR count). The number of nitrogens with zero attached hydrogens (tertiary/aromatic N) is 1. The zero-order valence-electron chi connectivity index (χ0n) is 21.4. The summed E-state index contributed by atoms with van der Waals surface area (Å²) in [6.07, 6.45) is 5.40. The highest BCUT2D eigenvalue weighted by Gasteiger charge is 2.32. The monoisotopic (exact) mass is 532 g/mol. The number of carbonyl (C=O) groups excluding carboxylic acids is 2. The number of hydrogen-bond acceptors (Lipinski definition) is 4. The number of carbonyl (C=O) groups is 2. The van der Waals surface area contributed by atoms with E-state index in [1.165, 1.54) is 0 Å². The van der Waals surface area contributed by atoms with Crippen molar-refractivity contribution in [3.63, 3.8) is 0 Å². The summed E-state index contributed by atoms with van der Waals surface area (Å²) >= 11 is 6.52. The molecule has 1 aliphatic carbocycles. The van der Waals surface area contributed by atoms with Crippen molar-refractivity contribution in [2.75, 3.05) is 6.79 Å². The molecule has 0 unspecified atom stereocenters. The van der Waals surface area contributed by atoms with Crippen LogP contribution in [0.25, 0.3) is 0 Å². The van der Waals surface area contributed by atoms with E-state index < -0.39 is 6.04 Å². The van der Waals surface area contributed by atoms with Crippen molar-refractivity contribution in [3.8, 4) is 11.5 Å². The van der Waals surface area contributed by atoms with Crippen LogP contribution in [0.15, 0.2) is 72.8 Å². The lowest BCUT2D eigenvalue weighted by Crippen LogP contribution is -2.52. The zero-order valence-corrected chi connectivity index (χ0v) is 22.2. The first kappa shape index (κ1) is 26.1. The molecule has 198 valence electrons. The van der Waals surface area contributed by atoms with Crippen molar-refractivity contribution in [1.82, 2.24) is 10.2 Å². The van der Waals surface area contributed by atoms with E-state index in [1.807, 2.05) is 72.8 Å². The number of nitrogens with one attached hydrogen (secondary N) is 1. The van der Waals surface area contributed by atoms with Gasteiger partial charge >= 0.3 is 0 Å². The standard InChI is InChI=1S/C31H33ClN2O4/c32-26-13-7-4-10-24(26)20-34(30(35)17-15-23-14-16-28-29(19-23)38-21-37-28)27(18-22-8-2-1-3-9-22)31(36)33-25-11-5-6-12-25/h1-4,7-10,13-14,16,19,25,27H,5-6,11-12,15,17-18,20-21H2,(H,33,36)/t27-/m1/s1. The molecule has 2 amide bonds. The lowest BCUT2D eigenvalue weighted by molar-refractivity contribution is -0.141. The second-order valence-corrected chi connectivity index (χ2v) is 10.4. The SMILES string of the molecule is O=C(NC1CCCC1)[C@@H](Cc1ccccc1)N(Cc1ccccc1Cl)C(=O)CCc1ccc2c(c1)OCO2. The summed E-state index contributed by atoms with van der Waals surface area (Å²) in [6.45, 7) is 0.468. The first-order chi connectivity index (χ1) is 18.6. The van der Waals surface area contributed by atoms with Gasteiger partial charge in [0.15, 0.2) is 11.5 Å². The number of aryl methyl sites for hydroxylation is 1. The third kappa shape index (κ3) is 6.48. The number of fused-ring (bicyclic) bond motifs is 1. The highest BCUT2D eigenvalue weighted by molar-refractivity contribution is 6.31. The summed E-state index contributed by atoms with van der Waals surface area (Å²) in [5.41, 5.74) is 2.81. The number of rotatable bonds is 10. The van der Waals surface area contributed by atoms with Crippen LogP contribution in [-0.4, -0.2) is 35.6 Å². The molecule has 3 aromatic rings. The molecule has 2 aliphatic rings. The molecule has 38 heavy (non-hydrogen) atoms. The smallest absolute Gasteiger partial charge is 0.243 e. The summed E-state index contributed by atoms with van der Waals surface area (Å²) in [5, 5.41) is 3.82. The van der Waals surface area contributed by atoms with Crippen molar-refractivity contribution in [2.24, 2.45) is 0 Å². The Morgan fingerprint density at radius 1 is 0.921 bits per heavy atom. The molecule has 0 radical (unpaired) electrons. The van der Waals surface area contributed by atoms with Crippen LogP contribution in [0, 0.1) is 0 Å². The molecule has 1 atom stereocenters. The Kier molecular flexibility index (Phi) is 8.49. The summed E-state index contributed by atoms with van der Waals surface area (Å²) < 4.78 is 10.9. The van der Waals surface area contributed by atoms with Gasteiger partial charge in [-0.3, -0.25) is 9.59 Å². The number of ether oxygens (including phenoxy) is 2. The maximum atomic E-state index is 13.9. The third-order valence-electron chi connectivity index (χ3n) is 7.34. The van der Waals surface area contributed by atoms with Gasteiger partial charge in [0, 0.05) is 30.5 Å². The Bertz CT molecular complexity index is 1260. The highest BCUT2D eigenvalue weighted by atomic mass is 35.5. The van der Waals surface area contributed by atoms with Crippen LogP contribution >= 0.6 is 11.6 Å². The molecule has 7 heteroatoms. The van der Waals surface area contributed by atoms with Gasteiger partial charge < -0.3 is 19.7 Å². The van der Waals surface area contributed by atoms with Gasteiger partial charge in [-0.05, 0) is 54.2 Å². The number of amides is 2. The average Bonchev–Trinajstić information content (AvgIpc) is 3.62. The molecular weight excluding hydrogens is 500 g/mol. The molecule has 1 fully saturated rings. The van der Waals surface area contributed by atoms with Gasteiger partial charge in [0.1, 0.15) is 6.04 Å². The molecule has 1 heterocycles. The van der Waals surface area contributed by atoms with Gasteiger partial charge in [-0.2, -0.15) is 0 Å². The maximum absolute atomic E-state index is 13.9. The van der Waals surface area contributed by atoms with Gasteiger partial charge in [-0.15, -0.1) is 0 Å². The van der Waals surface area contributed by atoms with Crippen LogP contribution in [0.2, 0.25) is 5.02 Å². The molecule has 3 aromatic carbocycles. The fourth-order valence-electron chi connectivity index (χ4n) is 5.22. The number of benzene rings is 3. The molecule has 0 saturated heterocycles. The molecule has 1 saturated carbocycles. The van der Waals surface area contributed by atoms with Gasteiger partial charge in [0.2, 0.25) is 18.6 Å². The largest absolute Gasteiger partial charge is 0.454 e. The van der Waals surface area contributed by atoms with Crippen LogP contribution in [0.5, 0.6) is 11.5 Å². The molecule has 0 spiro atoms. The third-order valence-corrected chi connectivity index (χ3v) is 7.70. The van der Waals surface area contributed by atoms with Crippen LogP contribution in [0.1, 0.15) is 48.8 Å². The van der Waals surface area contributed by atoms with E-state index in [0.717, 1.165) is 42.4 Å². The Morgan fingerprint density at radius 2 is 1.66 bits per heavy atom. The molecule has 1 aliphatic heterocycles. The zero-order chi connectivity index (χ0) is 26.3. The van der Waals surface area contributed by atoms with Gasteiger partial charge in [-0.25, -0.2) is 0 Å². The van der Waals surface area contributed by atoms with Gasteiger partial charge in [-0.1, -0.05) is 79.0 Å². The van der Waals surface area contributed by atoms with E-state index in [-0.39, 0.29) is 37.6 Å². The van der Waals surface area contributed by atoms with E-state index in [4.69, 9.17) is 21.1 Å². The first-order valence-electron chi connectivity index (χ1n) is 13.3. The van der Waals surface area contributed by atoms with E-state index in [9.17, 15) is 9.59 Å². The van der Waals surface area contributed by atoms with Crippen LogP contribution in [-0.2, 0) is 29.0 Å². The molecule has 6 nitrogen and oxygen atoms in total. The van der Waals surface area contributed by atoms with E-state index in [1.54, 1.807) is 4.90 Å². The average molecular weight is 533 g/mol. The highest BCUT2D eigenvalue weighted by Crippen LogP contribution is 2.33. The molecule has 1 N–H and O–H groups in total. The van der Waals surface area contributed by atoms with Crippen molar-refractivity contribution in [3.05, 3.63) is 94.5 Å². The number of halogens is 1. The summed E-state index contributed by atoms with van der Waals surface area (Å²) in [5.74, 6) is 1.21.